The van der Waals surface area contributed by atoms with Crippen LogP contribution in [-0.4, -0.2) is 12.5 Å². The fraction of sp³-hybridized carbons (Fsp3) is 0.235. The van der Waals surface area contributed by atoms with E-state index >= 15 is 0 Å². The number of halogens is 4. The SMILES string of the molecule is CCc1cccc(OCC(=O)Nc2ccc(Br)c(C(F)(F)F)c2)c1. The van der Waals surface area contributed by atoms with Crippen LogP contribution < -0.4 is 10.1 Å². The van der Waals surface area contributed by atoms with E-state index in [4.69, 9.17) is 4.74 Å². The van der Waals surface area contributed by atoms with Crippen molar-refractivity contribution in [2.24, 2.45) is 0 Å². The number of rotatable bonds is 5. The first-order valence-corrected chi connectivity index (χ1v) is 7.97. The molecular weight excluding hydrogens is 387 g/mol. The summed E-state index contributed by atoms with van der Waals surface area (Å²) in [4.78, 5) is 11.9. The molecule has 0 bridgehead atoms. The Morgan fingerprint density at radius 3 is 2.62 bits per heavy atom. The quantitative estimate of drug-likeness (QED) is 0.761. The molecule has 1 N–H and O–H groups in total. The topological polar surface area (TPSA) is 38.3 Å². The molecule has 0 atom stereocenters. The molecule has 7 heteroatoms. The van der Waals surface area contributed by atoms with Gasteiger partial charge in [0.2, 0.25) is 0 Å². The molecule has 3 nitrogen and oxygen atoms in total. The molecule has 0 aliphatic heterocycles. The Kier molecular flexibility index (Phi) is 5.88. The van der Waals surface area contributed by atoms with Crippen molar-refractivity contribution in [1.29, 1.82) is 0 Å². The van der Waals surface area contributed by atoms with E-state index in [-0.39, 0.29) is 16.8 Å². The summed E-state index contributed by atoms with van der Waals surface area (Å²) < 4.78 is 43.8. The second-order valence-corrected chi connectivity index (χ2v) is 5.88. The van der Waals surface area contributed by atoms with Gasteiger partial charge >= 0.3 is 6.18 Å². The maximum atomic E-state index is 12.8. The molecule has 1 amide bonds. The zero-order valence-electron chi connectivity index (χ0n) is 12.8. The van der Waals surface area contributed by atoms with Gasteiger partial charge in [-0.2, -0.15) is 13.2 Å². The van der Waals surface area contributed by atoms with Gasteiger partial charge < -0.3 is 10.1 Å². The van der Waals surface area contributed by atoms with Gasteiger partial charge in [0.1, 0.15) is 5.75 Å². The summed E-state index contributed by atoms with van der Waals surface area (Å²) in [6.45, 7) is 1.71. The van der Waals surface area contributed by atoms with E-state index < -0.39 is 17.6 Å². The maximum Gasteiger partial charge on any atom is 0.417 e. The molecule has 0 saturated heterocycles. The highest BCUT2D eigenvalue weighted by Crippen LogP contribution is 2.36. The van der Waals surface area contributed by atoms with Crippen molar-refractivity contribution in [1.82, 2.24) is 0 Å². The molecule has 0 aliphatic rings. The van der Waals surface area contributed by atoms with Crippen LogP contribution in [0.15, 0.2) is 46.9 Å². The van der Waals surface area contributed by atoms with E-state index in [2.05, 4.69) is 21.2 Å². The molecule has 0 radical (unpaired) electrons. The normalized spacial score (nSPS) is 11.2. The Labute approximate surface area is 146 Å². The average Bonchev–Trinajstić information content (AvgIpc) is 2.54. The third kappa shape index (κ3) is 4.99. The molecule has 0 aromatic heterocycles. The third-order valence-electron chi connectivity index (χ3n) is 3.23. The number of ether oxygens (including phenoxy) is 1. The molecule has 0 unspecified atom stereocenters. The molecule has 0 fully saturated rings. The van der Waals surface area contributed by atoms with E-state index in [1.54, 1.807) is 6.07 Å². The summed E-state index contributed by atoms with van der Waals surface area (Å²) >= 11 is 2.85. The highest BCUT2D eigenvalue weighted by molar-refractivity contribution is 9.10. The van der Waals surface area contributed by atoms with Crippen LogP contribution in [0.4, 0.5) is 18.9 Å². The van der Waals surface area contributed by atoms with E-state index in [1.807, 2.05) is 25.1 Å². The van der Waals surface area contributed by atoms with Crippen molar-refractivity contribution >= 4 is 27.5 Å². The van der Waals surface area contributed by atoms with Crippen molar-refractivity contribution in [3.63, 3.8) is 0 Å². The van der Waals surface area contributed by atoms with Crippen molar-refractivity contribution in [2.75, 3.05) is 11.9 Å². The number of nitrogens with one attached hydrogen (secondary N) is 1. The molecule has 128 valence electrons. The molecule has 2 aromatic rings. The lowest BCUT2D eigenvalue weighted by Crippen LogP contribution is -2.20. The number of carbonyl (C=O) groups is 1. The fourth-order valence-corrected chi connectivity index (χ4v) is 2.49. The minimum atomic E-state index is -4.50. The number of benzene rings is 2. The van der Waals surface area contributed by atoms with Crippen molar-refractivity contribution in [3.8, 4) is 5.75 Å². The second-order valence-electron chi connectivity index (χ2n) is 5.03. The van der Waals surface area contributed by atoms with Gasteiger partial charge in [-0.15, -0.1) is 0 Å². The van der Waals surface area contributed by atoms with E-state index in [1.165, 1.54) is 12.1 Å². The Bertz CT molecular complexity index is 732. The van der Waals surface area contributed by atoms with Crippen molar-refractivity contribution in [3.05, 3.63) is 58.1 Å². The highest BCUT2D eigenvalue weighted by atomic mass is 79.9. The van der Waals surface area contributed by atoms with Gasteiger partial charge in [0.25, 0.3) is 5.91 Å². The Balaban J connectivity index is 1.99. The molecule has 0 spiro atoms. The number of anilines is 1. The molecule has 0 aliphatic carbocycles. The minimum absolute atomic E-state index is 0.0569. The van der Waals surface area contributed by atoms with Crippen LogP contribution in [0.25, 0.3) is 0 Å². The van der Waals surface area contributed by atoms with Crippen LogP contribution >= 0.6 is 15.9 Å². The van der Waals surface area contributed by atoms with Gasteiger partial charge in [-0.05, 0) is 42.3 Å². The Morgan fingerprint density at radius 1 is 1.21 bits per heavy atom. The van der Waals surface area contributed by atoms with Crippen LogP contribution in [0, 0.1) is 0 Å². The van der Waals surface area contributed by atoms with E-state index in [9.17, 15) is 18.0 Å². The summed E-state index contributed by atoms with van der Waals surface area (Å²) in [5.74, 6) is 0.00337. The predicted octanol–water partition coefficient (Wildman–Crippen LogP) is 5.05. The van der Waals surface area contributed by atoms with Crippen LogP contribution in [0.2, 0.25) is 0 Å². The van der Waals surface area contributed by atoms with Gasteiger partial charge in [0.15, 0.2) is 6.61 Å². The van der Waals surface area contributed by atoms with Gasteiger partial charge in [-0.3, -0.25) is 4.79 Å². The molecule has 2 aromatic carbocycles. The highest BCUT2D eigenvalue weighted by Gasteiger charge is 2.33. The molecule has 2 rings (SSSR count). The fourth-order valence-electron chi connectivity index (χ4n) is 2.02. The van der Waals surface area contributed by atoms with Crippen LogP contribution in [0.3, 0.4) is 0 Å². The zero-order valence-corrected chi connectivity index (χ0v) is 14.4. The van der Waals surface area contributed by atoms with Crippen molar-refractivity contribution in [2.45, 2.75) is 19.5 Å². The lowest BCUT2D eigenvalue weighted by atomic mass is 10.2. The number of hydrogen-bond acceptors (Lipinski definition) is 2. The number of carbonyl (C=O) groups excluding carboxylic acids is 1. The summed E-state index contributed by atoms with van der Waals surface area (Å²) in [6.07, 6.45) is -3.67. The first-order chi connectivity index (χ1) is 11.3. The summed E-state index contributed by atoms with van der Waals surface area (Å²) in [6, 6.07) is 10.8. The lowest BCUT2D eigenvalue weighted by Gasteiger charge is -2.12. The first-order valence-electron chi connectivity index (χ1n) is 7.18. The van der Waals surface area contributed by atoms with Crippen LogP contribution in [0.1, 0.15) is 18.1 Å². The number of hydrogen-bond donors (Lipinski definition) is 1. The Hall–Kier alpha value is -2.02. The number of aryl methyl sites for hydroxylation is 1. The summed E-state index contributed by atoms with van der Waals surface area (Å²) in [7, 11) is 0. The minimum Gasteiger partial charge on any atom is -0.484 e. The van der Waals surface area contributed by atoms with E-state index in [0.29, 0.717) is 5.75 Å². The third-order valence-corrected chi connectivity index (χ3v) is 3.92. The van der Waals surface area contributed by atoms with Crippen LogP contribution in [0.5, 0.6) is 5.75 Å². The molecule has 0 heterocycles. The molecule has 24 heavy (non-hydrogen) atoms. The van der Waals surface area contributed by atoms with Gasteiger partial charge in [-0.1, -0.05) is 35.0 Å². The molecular formula is C17H15BrF3NO2. The van der Waals surface area contributed by atoms with Gasteiger partial charge in [0, 0.05) is 10.2 Å². The predicted molar refractivity (Wildman–Crippen MR) is 89.1 cm³/mol. The zero-order chi connectivity index (χ0) is 17.7. The maximum absolute atomic E-state index is 12.8. The van der Waals surface area contributed by atoms with Gasteiger partial charge in [-0.25, -0.2) is 0 Å². The second kappa shape index (κ2) is 7.70. The monoisotopic (exact) mass is 401 g/mol. The summed E-state index contributed by atoms with van der Waals surface area (Å²) in [5, 5.41) is 2.40. The smallest absolute Gasteiger partial charge is 0.417 e. The van der Waals surface area contributed by atoms with E-state index in [0.717, 1.165) is 18.1 Å². The number of amides is 1. The molecule has 0 saturated carbocycles. The number of alkyl halides is 3. The summed E-state index contributed by atoms with van der Waals surface area (Å²) in [5.41, 5.74) is 0.272. The lowest BCUT2D eigenvalue weighted by molar-refractivity contribution is -0.138. The van der Waals surface area contributed by atoms with Crippen molar-refractivity contribution < 1.29 is 22.7 Å². The van der Waals surface area contributed by atoms with Gasteiger partial charge in [0.05, 0.1) is 5.56 Å². The first kappa shape index (κ1) is 18.3. The average molecular weight is 402 g/mol. The van der Waals surface area contributed by atoms with Crippen LogP contribution in [-0.2, 0) is 17.4 Å². The Morgan fingerprint density at radius 2 is 1.96 bits per heavy atom. The largest absolute Gasteiger partial charge is 0.484 e. The standard InChI is InChI=1S/C17H15BrF3NO2/c1-2-11-4-3-5-13(8-11)24-10-16(23)22-12-6-7-15(18)14(9-12)17(19,20)21/h3-9H,2,10H2,1H3,(H,22,23).